The second kappa shape index (κ2) is 5.30. The van der Waals surface area contributed by atoms with Crippen molar-refractivity contribution in [3.8, 4) is 6.07 Å². The molecule has 17 heavy (non-hydrogen) atoms. The molecule has 1 aromatic rings. The number of carbonyl (C=O) groups excluding carboxylic acids is 1. The molecule has 90 valence electrons. The molecule has 0 amide bonds. The Morgan fingerprint density at radius 1 is 1.53 bits per heavy atom. The van der Waals surface area contributed by atoms with Crippen LogP contribution in [-0.4, -0.2) is 26.7 Å². The lowest BCUT2D eigenvalue weighted by atomic mass is 10.1. The molecule has 4 nitrogen and oxygen atoms in total. The zero-order chi connectivity index (χ0) is 13.0. The van der Waals surface area contributed by atoms with Crippen LogP contribution in [0.25, 0.3) is 0 Å². The zero-order valence-corrected chi connectivity index (χ0v) is 9.95. The monoisotopic (exact) mass is 236 g/mol. The van der Waals surface area contributed by atoms with Gasteiger partial charge in [-0.25, -0.2) is 9.18 Å². The second-order valence-corrected chi connectivity index (χ2v) is 3.58. The number of ether oxygens (including phenoxy) is 1. The molecule has 0 spiro atoms. The highest BCUT2D eigenvalue weighted by Gasteiger charge is 2.19. The highest BCUT2D eigenvalue weighted by molar-refractivity contribution is 5.97. The van der Waals surface area contributed by atoms with Crippen LogP contribution in [0.1, 0.15) is 22.8 Å². The van der Waals surface area contributed by atoms with Crippen molar-refractivity contribution in [2.24, 2.45) is 0 Å². The molecular formula is C12H13FN2O2. The third-order valence-corrected chi connectivity index (χ3v) is 2.14. The summed E-state index contributed by atoms with van der Waals surface area (Å²) in [6.07, 6.45) is 0. The number of nitriles is 1. The SMILES string of the molecule is CCOC(=O)c1cc(F)cc(C#N)c1N(C)C. The van der Waals surface area contributed by atoms with E-state index >= 15 is 0 Å². The molecule has 0 atom stereocenters. The number of anilines is 1. The van der Waals surface area contributed by atoms with Crippen LogP contribution >= 0.6 is 0 Å². The summed E-state index contributed by atoms with van der Waals surface area (Å²) in [5.41, 5.74) is 0.541. The van der Waals surface area contributed by atoms with Gasteiger partial charge in [-0.1, -0.05) is 0 Å². The molecule has 0 aliphatic rings. The molecule has 0 aliphatic heterocycles. The van der Waals surface area contributed by atoms with E-state index in [2.05, 4.69) is 0 Å². The predicted octanol–water partition coefficient (Wildman–Crippen LogP) is 1.94. The lowest BCUT2D eigenvalue weighted by Gasteiger charge is -2.18. The Labute approximate surface area is 99.2 Å². The Morgan fingerprint density at radius 3 is 2.65 bits per heavy atom. The Hall–Kier alpha value is -2.09. The summed E-state index contributed by atoms with van der Waals surface area (Å²) >= 11 is 0. The molecule has 0 saturated heterocycles. The summed E-state index contributed by atoms with van der Waals surface area (Å²) in [7, 11) is 3.35. The maximum Gasteiger partial charge on any atom is 0.340 e. The van der Waals surface area contributed by atoms with Crippen molar-refractivity contribution in [2.45, 2.75) is 6.92 Å². The Kier molecular flexibility index (Phi) is 4.05. The quantitative estimate of drug-likeness (QED) is 0.752. The highest BCUT2D eigenvalue weighted by atomic mass is 19.1. The van der Waals surface area contributed by atoms with Crippen LogP contribution in [0.3, 0.4) is 0 Å². The highest BCUT2D eigenvalue weighted by Crippen LogP contribution is 2.25. The summed E-state index contributed by atoms with van der Waals surface area (Å²) < 4.78 is 18.1. The Morgan fingerprint density at radius 2 is 2.18 bits per heavy atom. The molecule has 0 unspecified atom stereocenters. The van der Waals surface area contributed by atoms with Gasteiger partial charge in [0.1, 0.15) is 11.9 Å². The fourth-order valence-corrected chi connectivity index (χ4v) is 1.53. The molecule has 0 N–H and O–H groups in total. The van der Waals surface area contributed by atoms with Crippen molar-refractivity contribution in [2.75, 3.05) is 25.6 Å². The van der Waals surface area contributed by atoms with Crippen molar-refractivity contribution in [1.29, 1.82) is 5.26 Å². The van der Waals surface area contributed by atoms with Gasteiger partial charge in [0.25, 0.3) is 0 Å². The third kappa shape index (κ3) is 2.72. The standard InChI is InChI=1S/C12H13FN2O2/c1-4-17-12(16)10-6-9(13)5-8(7-14)11(10)15(2)3/h5-6H,4H2,1-3H3. The molecule has 0 saturated carbocycles. The molecule has 5 heteroatoms. The lowest BCUT2D eigenvalue weighted by Crippen LogP contribution is -2.17. The number of carbonyl (C=O) groups is 1. The van der Waals surface area contributed by atoms with E-state index in [-0.39, 0.29) is 17.7 Å². The number of hydrogen-bond acceptors (Lipinski definition) is 4. The van der Waals surface area contributed by atoms with Gasteiger partial charge in [0.05, 0.1) is 23.4 Å². The summed E-state index contributed by atoms with van der Waals surface area (Å²) in [5, 5.41) is 8.93. The normalized spacial score (nSPS) is 9.59. The second-order valence-electron chi connectivity index (χ2n) is 3.58. The molecule has 0 fully saturated rings. The van der Waals surface area contributed by atoms with Gasteiger partial charge in [-0.3, -0.25) is 0 Å². The Bertz CT molecular complexity index is 478. The topological polar surface area (TPSA) is 53.3 Å². The summed E-state index contributed by atoms with van der Waals surface area (Å²) in [6.45, 7) is 1.86. The average molecular weight is 236 g/mol. The van der Waals surface area contributed by atoms with E-state index in [9.17, 15) is 9.18 Å². The van der Waals surface area contributed by atoms with E-state index in [1.165, 1.54) is 0 Å². The Balaban J connectivity index is 3.42. The number of hydrogen-bond donors (Lipinski definition) is 0. The maximum absolute atomic E-state index is 13.3. The minimum Gasteiger partial charge on any atom is -0.462 e. The predicted molar refractivity (Wildman–Crippen MR) is 61.4 cm³/mol. The number of rotatable bonds is 3. The lowest BCUT2D eigenvalue weighted by molar-refractivity contribution is 0.0526. The number of nitrogens with zero attached hydrogens (tertiary/aromatic N) is 2. The van der Waals surface area contributed by atoms with Gasteiger partial charge in [-0.05, 0) is 19.1 Å². The molecule has 0 heterocycles. The van der Waals surface area contributed by atoms with Crippen LogP contribution in [0.15, 0.2) is 12.1 Å². The number of esters is 1. The number of halogens is 1. The van der Waals surface area contributed by atoms with Crippen LogP contribution in [0.2, 0.25) is 0 Å². The van der Waals surface area contributed by atoms with Crippen molar-refractivity contribution in [3.05, 3.63) is 29.1 Å². The first-order valence-corrected chi connectivity index (χ1v) is 5.09. The van der Waals surface area contributed by atoms with Crippen LogP contribution < -0.4 is 4.90 Å². The first kappa shape index (κ1) is 13.0. The van der Waals surface area contributed by atoms with Gasteiger partial charge in [0.15, 0.2) is 0 Å². The van der Waals surface area contributed by atoms with E-state index in [1.807, 2.05) is 6.07 Å². The van der Waals surface area contributed by atoms with Crippen molar-refractivity contribution in [3.63, 3.8) is 0 Å². The van der Waals surface area contributed by atoms with Gasteiger partial charge in [-0.15, -0.1) is 0 Å². The van der Waals surface area contributed by atoms with Crippen LogP contribution in [0.4, 0.5) is 10.1 Å². The van der Waals surface area contributed by atoms with E-state index in [4.69, 9.17) is 10.00 Å². The fourth-order valence-electron chi connectivity index (χ4n) is 1.53. The van der Waals surface area contributed by atoms with Gasteiger partial charge in [0.2, 0.25) is 0 Å². The van der Waals surface area contributed by atoms with E-state index in [0.717, 1.165) is 12.1 Å². The van der Waals surface area contributed by atoms with Gasteiger partial charge >= 0.3 is 5.97 Å². The molecule has 1 rings (SSSR count). The van der Waals surface area contributed by atoms with Crippen molar-refractivity contribution in [1.82, 2.24) is 0 Å². The van der Waals surface area contributed by atoms with Crippen LogP contribution in [-0.2, 0) is 4.74 Å². The minimum atomic E-state index is -0.632. The smallest absolute Gasteiger partial charge is 0.340 e. The molecule has 0 radical (unpaired) electrons. The van der Waals surface area contributed by atoms with Crippen LogP contribution in [0.5, 0.6) is 0 Å². The largest absolute Gasteiger partial charge is 0.462 e. The van der Waals surface area contributed by atoms with Gasteiger partial charge in [-0.2, -0.15) is 5.26 Å². The number of benzene rings is 1. The van der Waals surface area contributed by atoms with Gasteiger partial charge in [0, 0.05) is 14.1 Å². The summed E-state index contributed by atoms with van der Waals surface area (Å²) in [6, 6.07) is 4.04. The third-order valence-electron chi connectivity index (χ3n) is 2.14. The molecule has 0 aromatic heterocycles. The average Bonchev–Trinajstić information content (AvgIpc) is 2.27. The van der Waals surface area contributed by atoms with Gasteiger partial charge < -0.3 is 9.64 Å². The molecule has 1 aromatic carbocycles. The zero-order valence-electron chi connectivity index (χ0n) is 9.95. The fraction of sp³-hybridized carbons (Fsp3) is 0.333. The van der Waals surface area contributed by atoms with E-state index in [0.29, 0.717) is 5.69 Å². The first-order valence-electron chi connectivity index (χ1n) is 5.09. The molecular weight excluding hydrogens is 223 g/mol. The van der Waals surface area contributed by atoms with E-state index in [1.54, 1.807) is 25.9 Å². The summed E-state index contributed by atoms with van der Waals surface area (Å²) in [5.74, 6) is -1.26. The summed E-state index contributed by atoms with van der Waals surface area (Å²) in [4.78, 5) is 13.3. The maximum atomic E-state index is 13.3. The first-order chi connectivity index (χ1) is 8.01. The molecule has 0 aliphatic carbocycles. The minimum absolute atomic E-state index is 0.0633. The van der Waals surface area contributed by atoms with E-state index < -0.39 is 11.8 Å². The molecule has 0 bridgehead atoms. The van der Waals surface area contributed by atoms with Crippen LogP contribution in [0, 0.1) is 17.1 Å². The van der Waals surface area contributed by atoms with Crippen molar-refractivity contribution >= 4 is 11.7 Å². The van der Waals surface area contributed by atoms with Crippen molar-refractivity contribution < 1.29 is 13.9 Å².